The van der Waals surface area contributed by atoms with Crippen LogP contribution >= 0.6 is 11.3 Å². The fourth-order valence-electron chi connectivity index (χ4n) is 3.34. The molecule has 0 saturated heterocycles. The Kier molecular flexibility index (Phi) is 7.87. The van der Waals surface area contributed by atoms with E-state index in [4.69, 9.17) is 9.88 Å². The molecule has 1 fully saturated rings. The number of sulfonamides is 1. The van der Waals surface area contributed by atoms with Crippen molar-refractivity contribution in [3.63, 3.8) is 0 Å². The van der Waals surface area contributed by atoms with Crippen molar-refractivity contribution in [1.82, 2.24) is 10.6 Å². The maximum absolute atomic E-state index is 11.4. The smallest absolute Gasteiger partial charge is 0.247 e. The Labute approximate surface area is 160 Å². The van der Waals surface area contributed by atoms with Gasteiger partial charge in [-0.05, 0) is 43.7 Å². The molecule has 1 heterocycles. The number of hydrogen-bond acceptors (Lipinski definition) is 5. The Bertz CT molecular complexity index is 695. The van der Waals surface area contributed by atoms with E-state index in [0.29, 0.717) is 6.54 Å². The molecular weight excluding hydrogens is 372 g/mol. The van der Waals surface area contributed by atoms with Crippen molar-refractivity contribution >= 4 is 27.3 Å². The van der Waals surface area contributed by atoms with E-state index in [1.807, 2.05) is 6.92 Å². The van der Waals surface area contributed by atoms with E-state index < -0.39 is 10.0 Å². The minimum atomic E-state index is -3.63. The third-order valence-electron chi connectivity index (χ3n) is 4.85. The molecule has 4 N–H and O–H groups in total. The molecule has 1 aromatic heterocycles. The number of guanidine groups is 1. The highest BCUT2D eigenvalue weighted by atomic mass is 32.2. The molecule has 26 heavy (non-hydrogen) atoms. The molecule has 0 aliphatic heterocycles. The molecule has 1 aliphatic rings. The number of hydrogen-bond donors (Lipinski definition) is 3. The summed E-state index contributed by atoms with van der Waals surface area (Å²) in [5.41, 5.74) is 0.274. The zero-order valence-electron chi connectivity index (χ0n) is 15.6. The lowest BCUT2D eigenvalue weighted by Gasteiger charge is -2.30. The van der Waals surface area contributed by atoms with Gasteiger partial charge >= 0.3 is 0 Å². The van der Waals surface area contributed by atoms with Gasteiger partial charge in [-0.1, -0.05) is 12.8 Å². The Balaban J connectivity index is 1.85. The molecule has 1 aliphatic carbocycles. The highest BCUT2D eigenvalue weighted by Crippen LogP contribution is 2.40. The van der Waals surface area contributed by atoms with Crippen LogP contribution in [0.1, 0.15) is 43.9 Å². The Morgan fingerprint density at radius 3 is 2.65 bits per heavy atom. The predicted octanol–water partition coefficient (Wildman–Crippen LogP) is 2.05. The van der Waals surface area contributed by atoms with Crippen LogP contribution in [0.4, 0.5) is 0 Å². The van der Waals surface area contributed by atoms with Gasteiger partial charge in [0, 0.05) is 31.7 Å². The van der Waals surface area contributed by atoms with E-state index in [2.05, 4.69) is 15.6 Å². The summed E-state index contributed by atoms with van der Waals surface area (Å²) in [7, 11) is -1.90. The largest absolute Gasteiger partial charge is 0.382 e. The van der Waals surface area contributed by atoms with Crippen LogP contribution in [0.15, 0.2) is 21.3 Å². The third-order valence-corrected chi connectivity index (χ3v) is 7.37. The Morgan fingerprint density at radius 1 is 1.35 bits per heavy atom. The number of nitrogens with one attached hydrogen (secondary N) is 2. The Morgan fingerprint density at radius 2 is 2.08 bits per heavy atom. The summed E-state index contributed by atoms with van der Waals surface area (Å²) in [6.45, 7) is 4.96. The van der Waals surface area contributed by atoms with Crippen molar-refractivity contribution in [2.24, 2.45) is 15.5 Å². The van der Waals surface area contributed by atoms with E-state index in [1.54, 1.807) is 13.1 Å². The quantitative estimate of drug-likeness (QED) is 0.333. The van der Waals surface area contributed by atoms with Gasteiger partial charge in [0.25, 0.3) is 0 Å². The monoisotopic (exact) mass is 402 g/mol. The minimum Gasteiger partial charge on any atom is -0.382 e. The van der Waals surface area contributed by atoms with Gasteiger partial charge in [0.15, 0.2) is 5.96 Å². The van der Waals surface area contributed by atoms with Crippen LogP contribution in [0.25, 0.3) is 0 Å². The maximum Gasteiger partial charge on any atom is 0.247 e. The molecule has 2 rings (SSSR count). The van der Waals surface area contributed by atoms with E-state index >= 15 is 0 Å². The molecular formula is C17H30N4O3S2. The number of aliphatic imine (C=N–C) groups is 1. The van der Waals surface area contributed by atoms with Gasteiger partial charge in [-0.2, -0.15) is 0 Å². The molecule has 0 atom stereocenters. The molecule has 7 nitrogen and oxygen atoms in total. The number of thiophene rings is 1. The predicted molar refractivity (Wildman–Crippen MR) is 106 cm³/mol. The van der Waals surface area contributed by atoms with E-state index in [1.165, 1.54) is 43.1 Å². The number of primary sulfonamides is 1. The SMILES string of the molecule is CCOCCC1(CNC(=NC)NCc2ccc(S(N)(=O)=O)s2)CCCC1. The van der Waals surface area contributed by atoms with Crippen molar-refractivity contribution in [2.45, 2.75) is 49.8 Å². The van der Waals surface area contributed by atoms with Crippen LogP contribution in [-0.4, -0.2) is 41.2 Å². The number of rotatable bonds is 9. The lowest BCUT2D eigenvalue weighted by atomic mass is 9.83. The second-order valence-electron chi connectivity index (χ2n) is 6.70. The van der Waals surface area contributed by atoms with Crippen molar-refractivity contribution in [3.05, 3.63) is 17.0 Å². The first-order valence-corrected chi connectivity index (χ1v) is 11.4. The average molecular weight is 403 g/mol. The van der Waals surface area contributed by atoms with Gasteiger partial charge in [-0.3, -0.25) is 4.99 Å². The van der Waals surface area contributed by atoms with E-state index in [0.717, 1.165) is 37.0 Å². The third kappa shape index (κ3) is 6.22. The maximum atomic E-state index is 11.4. The zero-order valence-corrected chi connectivity index (χ0v) is 17.2. The first-order chi connectivity index (χ1) is 12.4. The van der Waals surface area contributed by atoms with Crippen molar-refractivity contribution in [1.29, 1.82) is 0 Å². The summed E-state index contributed by atoms with van der Waals surface area (Å²) in [5, 5.41) is 11.8. The summed E-state index contributed by atoms with van der Waals surface area (Å²) in [4.78, 5) is 5.16. The summed E-state index contributed by atoms with van der Waals surface area (Å²) in [6, 6.07) is 3.31. The average Bonchev–Trinajstić information content (AvgIpc) is 3.25. The van der Waals surface area contributed by atoms with Gasteiger partial charge < -0.3 is 15.4 Å². The van der Waals surface area contributed by atoms with Crippen LogP contribution in [0, 0.1) is 5.41 Å². The van der Waals surface area contributed by atoms with Crippen molar-refractivity contribution in [2.75, 3.05) is 26.8 Å². The fourth-order valence-corrected chi connectivity index (χ4v) is 5.06. The molecule has 1 aromatic rings. The van der Waals surface area contributed by atoms with Gasteiger partial charge in [0.05, 0.1) is 6.54 Å². The molecule has 1 saturated carbocycles. The standard InChI is InChI=1S/C17H30N4O3S2/c1-3-24-11-10-17(8-4-5-9-17)13-21-16(19-2)20-12-14-6-7-15(25-14)26(18,22)23/h6-7H,3-5,8-13H2,1-2H3,(H2,18,22,23)(H2,19,20,21). The van der Waals surface area contributed by atoms with Crippen molar-refractivity contribution in [3.8, 4) is 0 Å². The lowest BCUT2D eigenvalue weighted by Crippen LogP contribution is -2.43. The minimum absolute atomic E-state index is 0.179. The molecule has 0 radical (unpaired) electrons. The highest BCUT2D eigenvalue weighted by molar-refractivity contribution is 7.91. The van der Waals surface area contributed by atoms with Crippen LogP contribution in [-0.2, 0) is 21.3 Å². The second-order valence-corrected chi connectivity index (χ2v) is 9.66. The topological polar surface area (TPSA) is 106 Å². The molecule has 0 bridgehead atoms. The van der Waals surface area contributed by atoms with Crippen molar-refractivity contribution < 1.29 is 13.2 Å². The van der Waals surface area contributed by atoms with Crippen LogP contribution < -0.4 is 15.8 Å². The number of ether oxygens (including phenoxy) is 1. The normalized spacial score (nSPS) is 17.4. The highest BCUT2D eigenvalue weighted by Gasteiger charge is 2.33. The summed E-state index contributed by atoms with van der Waals surface area (Å²) in [5.74, 6) is 0.721. The van der Waals surface area contributed by atoms with E-state index in [-0.39, 0.29) is 9.62 Å². The molecule has 0 unspecified atom stereocenters. The Hall–Kier alpha value is -1.16. The summed E-state index contributed by atoms with van der Waals surface area (Å²) < 4.78 is 28.4. The number of nitrogens with zero attached hydrogens (tertiary/aromatic N) is 1. The van der Waals surface area contributed by atoms with Crippen LogP contribution in [0.5, 0.6) is 0 Å². The molecule has 148 valence electrons. The van der Waals surface area contributed by atoms with Gasteiger partial charge in [-0.15, -0.1) is 11.3 Å². The molecule has 9 heteroatoms. The molecule has 0 aromatic carbocycles. The fraction of sp³-hybridized carbons (Fsp3) is 0.706. The number of nitrogens with two attached hydrogens (primary N) is 1. The zero-order chi connectivity index (χ0) is 19.0. The summed E-state index contributed by atoms with van der Waals surface area (Å²) >= 11 is 1.17. The van der Waals surface area contributed by atoms with Gasteiger partial charge in [0.1, 0.15) is 4.21 Å². The molecule has 0 spiro atoms. The second kappa shape index (κ2) is 9.68. The van der Waals surface area contributed by atoms with Crippen LogP contribution in [0.2, 0.25) is 0 Å². The first-order valence-electron chi connectivity index (χ1n) is 9.02. The molecule has 0 amide bonds. The first kappa shape index (κ1) is 21.1. The van der Waals surface area contributed by atoms with Crippen LogP contribution in [0.3, 0.4) is 0 Å². The lowest BCUT2D eigenvalue weighted by molar-refractivity contribution is 0.105. The van der Waals surface area contributed by atoms with Gasteiger partial charge in [0.2, 0.25) is 10.0 Å². The van der Waals surface area contributed by atoms with E-state index in [9.17, 15) is 8.42 Å². The summed E-state index contributed by atoms with van der Waals surface area (Å²) in [6.07, 6.45) is 6.03. The van der Waals surface area contributed by atoms with Gasteiger partial charge in [-0.25, -0.2) is 13.6 Å².